The Labute approximate surface area is 96.0 Å². The van der Waals surface area contributed by atoms with Gasteiger partial charge >= 0.3 is 0 Å². The lowest BCUT2D eigenvalue weighted by Gasteiger charge is -2.21. The van der Waals surface area contributed by atoms with Crippen LogP contribution in [0.1, 0.15) is 19.2 Å². The summed E-state index contributed by atoms with van der Waals surface area (Å²) in [5.41, 5.74) is 2.90. The van der Waals surface area contributed by atoms with Crippen molar-refractivity contribution >= 4 is 0 Å². The smallest absolute Gasteiger partial charge is 0.109 e. The number of hydrogen-bond acceptors (Lipinski definition) is 4. The summed E-state index contributed by atoms with van der Waals surface area (Å²) in [6, 6.07) is 0.242. The molecule has 2 heterocycles. The number of aromatic nitrogens is 2. The van der Waals surface area contributed by atoms with Gasteiger partial charge in [-0.2, -0.15) is 0 Å². The molecular formula is C11H20N4O. The van der Waals surface area contributed by atoms with Crippen molar-refractivity contribution in [1.29, 1.82) is 0 Å². The third kappa shape index (κ3) is 2.42. The molecule has 1 aliphatic rings. The van der Waals surface area contributed by atoms with Crippen LogP contribution in [-0.2, 0) is 18.2 Å². The van der Waals surface area contributed by atoms with Crippen LogP contribution in [0.5, 0.6) is 0 Å². The van der Waals surface area contributed by atoms with Crippen LogP contribution in [0.15, 0.2) is 12.4 Å². The molecule has 1 aromatic heterocycles. The van der Waals surface area contributed by atoms with E-state index in [1.165, 1.54) is 0 Å². The minimum Gasteiger partial charge on any atom is -0.378 e. The van der Waals surface area contributed by atoms with Crippen LogP contribution in [0.2, 0.25) is 0 Å². The van der Waals surface area contributed by atoms with Crippen molar-refractivity contribution < 1.29 is 4.74 Å². The number of hydrogen-bond donors (Lipinski definition) is 2. The van der Waals surface area contributed by atoms with Gasteiger partial charge in [0.25, 0.3) is 0 Å². The van der Waals surface area contributed by atoms with Gasteiger partial charge in [0, 0.05) is 37.8 Å². The van der Waals surface area contributed by atoms with E-state index in [1.54, 1.807) is 0 Å². The topological polar surface area (TPSA) is 65.1 Å². The van der Waals surface area contributed by atoms with E-state index in [0.29, 0.717) is 12.0 Å². The Hall–Kier alpha value is -0.910. The molecule has 0 spiro atoms. The summed E-state index contributed by atoms with van der Waals surface area (Å²) >= 11 is 0. The van der Waals surface area contributed by atoms with E-state index in [0.717, 1.165) is 25.3 Å². The molecule has 1 aliphatic heterocycles. The Balaban J connectivity index is 1.98. The lowest BCUT2D eigenvalue weighted by molar-refractivity contribution is 0.116. The van der Waals surface area contributed by atoms with Crippen molar-refractivity contribution in [2.45, 2.75) is 31.9 Å². The maximum atomic E-state index is 5.62. The number of aryl methyl sites for hydroxylation is 1. The fraction of sp³-hybridized carbons (Fsp3) is 0.727. The van der Waals surface area contributed by atoms with Crippen molar-refractivity contribution in [1.82, 2.24) is 15.0 Å². The average molecular weight is 224 g/mol. The van der Waals surface area contributed by atoms with Crippen molar-refractivity contribution in [3.05, 3.63) is 18.2 Å². The maximum Gasteiger partial charge on any atom is 0.109 e. The van der Waals surface area contributed by atoms with Gasteiger partial charge in [-0.1, -0.05) is 0 Å². The summed E-state index contributed by atoms with van der Waals surface area (Å²) in [5.74, 6) is 7.16. The molecule has 0 bridgehead atoms. The van der Waals surface area contributed by atoms with Gasteiger partial charge in [-0.25, -0.2) is 4.98 Å². The predicted octanol–water partition coefficient (Wildman–Crippen LogP) is 0.220. The number of ether oxygens (including phenoxy) is 1. The molecule has 0 saturated carbocycles. The molecule has 5 heteroatoms. The molecule has 3 N–H and O–H groups in total. The minimum absolute atomic E-state index is 0.242. The van der Waals surface area contributed by atoms with Crippen LogP contribution in [-0.4, -0.2) is 28.3 Å². The van der Waals surface area contributed by atoms with Crippen molar-refractivity contribution in [2.75, 3.05) is 6.61 Å². The molecule has 1 saturated heterocycles. The second-order valence-electron chi connectivity index (χ2n) is 4.57. The molecule has 5 nitrogen and oxygen atoms in total. The fourth-order valence-corrected chi connectivity index (χ4v) is 2.28. The van der Waals surface area contributed by atoms with Crippen molar-refractivity contribution in [2.24, 2.45) is 18.8 Å². The van der Waals surface area contributed by atoms with E-state index in [1.807, 2.05) is 24.0 Å². The highest BCUT2D eigenvalue weighted by Crippen LogP contribution is 2.23. The van der Waals surface area contributed by atoms with E-state index in [-0.39, 0.29) is 6.04 Å². The molecule has 90 valence electrons. The standard InChI is InChI=1S/C11H20N4O/c1-8-5-9(7-16-8)10(14-12)6-11-13-3-4-15(11)2/h3-4,8-10,14H,5-7,12H2,1-2H3. The zero-order valence-corrected chi connectivity index (χ0v) is 9.89. The highest BCUT2D eigenvalue weighted by Gasteiger charge is 2.29. The normalized spacial score (nSPS) is 27.2. The molecule has 0 aliphatic carbocycles. The molecule has 1 fully saturated rings. The first-order valence-electron chi connectivity index (χ1n) is 5.74. The Bertz CT molecular complexity index is 338. The number of imidazole rings is 1. The predicted molar refractivity (Wildman–Crippen MR) is 61.5 cm³/mol. The number of hydrazine groups is 1. The number of rotatable bonds is 4. The van der Waals surface area contributed by atoms with E-state index in [2.05, 4.69) is 17.3 Å². The lowest BCUT2D eigenvalue weighted by atomic mass is 9.94. The summed E-state index contributed by atoms with van der Waals surface area (Å²) in [7, 11) is 2.00. The van der Waals surface area contributed by atoms with Crippen LogP contribution in [0.25, 0.3) is 0 Å². The van der Waals surface area contributed by atoms with Crippen molar-refractivity contribution in [3.63, 3.8) is 0 Å². The monoisotopic (exact) mass is 224 g/mol. The summed E-state index contributed by atoms with van der Waals surface area (Å²) in [6.07, 6.45) is 6.04. The largest absolute Gasteiger partial charge is 0.378 e. The second kappa shape index (κ2) is 4.95. The summed E-state index contributed by atoms with van der Waals surface area (Å²) in [6.45, 7) is 2.90. The fourth-order valence-electron chi connectivity index (χ4n) is 2.28. The summed E-state index contributed by atoms with van der Waals surface area (Å²) < 4.78 is 7.61. The number of nitrogens with two attached hydrogens (primary N) is 1. The second-order valence-corrected chi connectivity index (χ2v) is 4.57. The molecule has 0 radical (unpaired) electrons. The zero-order valence-electron chi connectivity index (χ0n) is 9.89. The molecular weight excluding hydrogens is 204 g/mol. The van der Waals surface area contributed by atoms with Crippen LogP contribution in [0, 0.1) is 5.92 Å². The molecule has 16 heavy (non-hydrogen) atoms. The van der Waals surface area contributed by atoms with Crippen LogP contribution >= 0.6 is 0 Å². The van der Waals surface area contributed by atoms with E-state index < -0.39 is 0 Å². The van der Waals surface area contributed by atoms with Crippen LogP contribution in [0.3, 0.4) is 0 Å². The molecule has 0 aromatic carbocycles. The van der Waals surface area contributed by atoms with Gasteiger partial charge in [0.05, 0.1) is 12.7 Å². The van der Waals surface area contributed by atoms with Gasteiger partial charge in [0.15, 0.2) is 0 Å². The van der Waals surface area contributed by atoms with Gasteiger partial charge in [-0.3, -0.25) is 11.3 Å². The van der Waals surface area contributed by atoms with E-state index in [9.17, 15) is 0 Å². The minimum atomic E-state index is 0.242. The lowest BCUT2D eigenvalue weighted by Crippen LogP contribution is -2.43. The molecule has 1 aromatic rings. The summed E-state index contributed by atoms with van der Waals surface area (Å²) in [5, 5.41) is 0. The highest BCUT2D eigenvalue weighted by molar-refractivity contribution is 4.96. The van der Waals surface area contributed by atoms with Crippen LogP contribution in [0.4, 0.5) is 0 Å². The Kier molecular flexibility index (Phi) is 3.58. The third-order valence-electron chi connectivity index (χ3n) is 3.34. The van der Waals surface area contributed by atoms with Crippen LogP contribution < -0.4 is 11.3 Å². The molecule has 3 unspecified atom stereocenters. The van der Waals surface area contributed by atoms with Gasteiger partial charge in [-0.15, -0.1) is 0 Å². The van der Waals surface area contributed by atoms with E-state index in [4.69, 9.17) is 10.6 Å². The maximum absolute atomic E-state index is 5.62. The Morgan fingerprint density at radius 1 is 1.75 bits per heavy atom. The zero-order chi connectivity index (χ0) is 11.5. The van der Waals surface area contributed by atoms with Gasteiger partial charge in [-0.05, 0) is 13.3 Å². The first kappa shape index (κ1) is 11.6. The molecule has 2 rings (SSSR count). The first-order valence-corrected chi connectivity index (χ1v) is 5.74. The van der Waals surface area contributed by atoms with Gasteiger partial charge in [0.2, 0.25) is 0 Å². The average Bonchev–Trinajstić information content (AvgIpc) is 2.85. The third-order valence-corrected chi connectivity index (χ3v) is 3.34. The Morgan fingerprint density at radius 3 is 3.06 bits per heavy atom. The quantitative estimate of drug-likeness (QED) is 0.567. The van der Waals surface area contributed by atoms with E-state index >= 15 is 0 Å². The molecule has 0 amide bonds. The van der Waals surface area contributed by atoms with Gasteiger partial charge < -0.3 is 9.30 Å². The first-order chi connectivity index (χ1) is 7.70. The summed E-state index contributed by atoms with van der Waals surface area (Å²) in [4.78, 5) is 4.32. The van der Waals surface area contributed by atoms with Crippen molar-refractivity contribution in [3.8, 4) is 0 Å². The number of nitrogens with zero attached hydrogens (tertiary/aromatic N) is 2. The number of nitrogens with one attached hydrogen (secondary N) is 1. The highest BCUT2D eigenvalue weighted by atomic mass is 16.5. The van der Waals surface area contributed by atoms with Gasteiger partial charge in [0.1, 0.15) is 5.82 Å². The SMILES string of the molecule is CC1CC(C(Cc2nccn2C)NN)CO1. The molecule has 3 atom stereocenters. The Morgan fingerprint density at radius 2 is 2.56 bits per heavy atom.